The predicted molar refractivity (Wildman–Crippen MR) is 63.2 cm³/mol. The normalized spacial score (nSPS) is 9.69. The van der Waals surface area contributed by atoms with Crippen LogP contribution in [0.4, 0.5) is 0 Å². The number of rotatable bonds is 5. The van der Waals surface area contributed by atoms with E-state index < -0.39 is 0 Å². The van der Waals surface area contributed by atoms with Crippen molar-refractivity contribution >= 4 is 22.0 Å². The van der Waals surface area contributed by atoms with Crippen LogP contribution in [0.3, 0.4) is 0 Å². The zero-order valence-corrected chi connectivity index (χ0v) is 10.7. The zero-order chi connectivity index (χ0) is 12.0. The van der Waals surface area contributed by atoms with E-state index in [4.69, 9.17) is 9.47 Å². The van der Waals surface area contributed by atoms with E-state index in [1.165, 1.54) is 6.08 Å². The number of hydrogen-bond acceptors (Lipinski definition) is 4. The minimum absolute atomic E-state index is 0.249. The van der Waals surface area contributed by atoms with Gasteiger partial charge >= 0.3 is 0 Å². The molecule has 1 rings (SSSR count). The fraction of sp³-hybridized carbons (Fsp3) is 0.364. The van der Waals surface area contributed by atoms with Gasteiger partial charge in [-0.25, -0.2) is 9.79 Å². The van der Waals surface area contributed by atoms with E-state index in [0.29, 0.717) is 12.4 Å². The molecule has 4 nitrogen and oxygen atoms in total. The van der Waals surface area contributed by atoms with Crippen LogP contribution in [-0.2, 0) is 22.7 Å². The summed E-state index contributed by atoms with van der Waals surface area (Å²) in [5.74, 6) is 0.681. The molecule has 1 aromatic carbocycles. The smallest absolute Gasteiger partial charge is 0.235 e. The predicted octanol–water partition coefficient (Wildman–Crippen LogP) is 2.44. The molecule has 0 fully saturated rings. The Balaban J connectivity index is 3.20. The monoisotopic (exact) mass is 285 g/mol. The van der Waals surface area contributed by atoms with Crippen molar-refractivity contribution in [2.45, 2.75) is 13.2 Å². The van der Waals surface area contributed by atoms with Gasteiger partial charge in [-0.1, -0.05) is 15.9 Å². The van der Waals surface area contributed by atoms with E-state index >= 15 is 0 Å². The second kappa shape index (κ2) is 6.43. The molecule has 0 spiro atoms. The molecule has 0 unspecified atom stereocenters. The van der Waals surface area contributed by atoms with Crippen LogP contribution in [0.2, 0.25) is 0 Å². The number of benzene rings is 1. The molecule has 0 aliphatic carbocycles. The van der Waals surface area contributed by atoms with Gasteiger partial charge in [-0.15, -0.1) is 0 Å². The van der Waals surface area contributed by atoms with E-state index in [0.717, 1.165) is 15.6 Å². The highest BCUT2D eigenvalue weighted by molar-refractivity contribution is 9.10. The molecule has 0 aliphatic heterocycles. The molecule has 0 bridgehead atoms. The number of carbonyl (C=O) groups excluding carboxylic acids is 1. The van der Waals surface area contributed by atoms with Crippen LogP contribution < -0.4 is 4.74 Å². The third kappa shape index (κ3) is 3.17. The van der Waals surface area contributed by atoms with Crippen molar-refractivity contribution in [3.05, 3.63) is 27.7 Å². The van der Waals surface area contributed by atoms with Crippen molar-refractivity contribution in [1.29, 1.82) is 0 Å². The van der Waals surface area contributed by atoms with Crippen LogP contribution in [-0.4, -0.2) is 20.3 Å². The Kier molecular flexibility index (Phi) is 5.19. The highest BCUT2D eigenvalue weighted by Crippen LogP contribution is 2.28. The van der Waals surface area contributed by atoms with E-state index in [1.807, 2.05) is 12.1 Å². The number of aliphatic imine (C=N–C) groups is 1. The molecule has 5 heteroatoms. The van der Waals surface area contributed by atoms with Crippen LogP contribution >= 0.6 is 15.9 Å². The summed E-state index contributed by atoms with van der Waals surface area (Å²) in [6.07, 6.45) is 1.52. The summed E-state index contributed by atoms with van der Waals surface area (Å²) in [5.41, 5.74) is 1.78. The van der Waals surface area contributed by atoms with Gasteiger partial charge in [-0.3, -0.25) is 0 Å². The molecule has 0 atom stereocenters. The van der Waals surface area contributed by atoms with Crippen molar-refractivity contribution in [1.82, 2.24) is 0 Å². The number of hydrogen-bond donors (Lipinski definition) is 0. The molecule has 16 heavy (non-hydrogen) atoms. The molecular formula is C11H12BrNO3. The summed E-state index contributed by atoms with van der Waals surface area (Å²) in [4.78, 5) is 13.7. The highest BCUT2D eigenvalue weighted by Gasteiger charge is 2.10. The lowest BCUT2D eigenvalue weighted by molar-refractivity contribution is 0.183. The molecule has 0 saturated heterocycles. The fourth-order valence-corrected chi connectivity index (χ4v) is 1.91. The number of isocyanates is 1. The van der Waals surface area contributed by atoms with Gasteiger partial charge in [0.25, 0.3) is 0 Å². The van der Waals surface area contributed by atoms with Crippen molar-refractivity contribution in [2.24, 2.45) is 4.99 Å². The number of nitrogens with zero attached hydrogens (tertiary/aromatic N) is 1. The zero-order valence-electron chi connectivity index (χ0n) is 9.12. The molecule has 86 valence electrons. The summed E-state index contributed by atoms with van der Waals surface area (Å²) in [6, 6.07) is 3.75. The maximum atomic E-state index is 10.1. The van der Waals surface area contributed by atoms with E-state index in [1.54, 1.807) is 14.2 Å². The Morgan fingerprint density at radius 3 is 2.75 bits per heavy atom. The van der Waals surface area contributed by atoms with Crippen molar-refractivity contribution in [3.63, 3.8) is 0 Å². The summed E-state index contributed by atoms with van der Waals surface area (Å²) in [5, 5.41) is 0. The Morgan fingerprint density at radius 2 is 2.19 bits per heavy atom. The molecule has 0 radical (unpaired) electrons. The maximum absolute atomic E-state index is 10.1. The quantitative estimate of drug-likeness (QED) is 0.617. The average Bonchev–Trinajstić information content (AvgIpc) is 2.27. The number of methoxy groups -OCH3 is 2. The van der Waals surface area contributed by atoms with Crippen LogP contribution in [0.5, 0.6) is 5.75 Å². The first-order valence-electron chi connectivity index (χ1n) is 4.60. The summed E-state index contributed by atoms with van der Waals surface area (Å²) < 4.78 is 11.2. The molecule has 0 heterocycles. The Hall–Kier alpha value is -1.16. The lowest BCUT2D eigenvalue weighted by Gasteiger charge is -2.12. The number of ether oxygens (including phenoxy) is 2. The van der Waals surface area contributed by atoms with E-state index in [-0.39, 0.29) is 6.54 Å². The third-order valence-electron chi connectivity index (χ3n) is 2.09. The number of halogens is 1. The van der Waals surface area contributed by atoms with Crippen LogP contribution in [0, 0.1) is 0 Å². The molecule has 0 aliphatic rings. The summed E-state index contributed by atoms with van der Waals surface area (Å²) in [6.45, 7) is 0.693. The van der Waals surface area contributed by atoms with Gasteiger partial charge in [-0.2, -0.15) is 0 Å². The fourth-order valence-electron chi connectivity index (χ4n) is 1.42. The lowest BCUT2D eigenvalue weighted by Crippen LogP contribution is -1.99. The minimum atomic E-state index is 0.249. The van der Waals surface area contributed by atoms with Gasteiger partial charge in [0.2, 0.25) is 6.08 Å². The highest BCUT2D eigenvalue weighted by atomic mass is 79.9. The molecule has 0 amide bonds. The molecule has 0 N–H and O–H groups in total. The van der Waals surface area contributed by atoms with Crippen LogP contribution in [0.1, 0.15) is 11.1 Å². The van der Waals surface area contributed by atoms with Crippen molar-refractivity contribution in [2.75, 3.05) is 14.2 Å². The van der Waals surface area contributed by atoms with Gasteiger partial charge < -0.3 is 9.47 Å². The maximum Gasteiger partial charge on any atom is 0.235 e. The van der Waals surface area contributed by atoms with E-state index in [2.05, 4.69) is 20.9 Å². The van der Waals surface area contributed by atoms with Gasteiger partial charge in [0.05, 0.1) is 20.3 Å². The first-order valence-corrected chi connectivity index (χ1v) is 5.40. The summed E-state index contributed by atoms with van der Waals surface area (Å²) in [7, 11) is 3.19. The standard InChI is InChI=1S/C11H12BrNO3/c1-15-6-8-3-9(12)4-11(16-2)10(8)5-13-7-14/h3-4H,5-6H2,1-2H3. The first kappa shape index (κ1) is 12.9. The van der Waals surface area contributed by atoms with Crippen LogP contribution in [0.15, 0.2) is 21.6 Å². The Labute approximate surface area is 102 Å². The van der Waals surface area contributed by atoms with Crippen molar-refractivity contribution in [3.8, 4) is 5.75 Å². The van der Waals surface area contributed by atoms with Crippen LogP contribution in [0.25, 0.3) is 0 Å². The third-order valence-corrected chi connectivity index (χ3v) is 2.55. The summed E-state index contributed by atoms with van der Waals surface area (Å²) >= 11 is 3.38. The molecular weight excluding hydrogens is 274 g/mol. The van der Waals surface area contributed by atoms with Gasteiger partial charge in [0.15, 0.2) is 0 Å². The average molecular weight is 286 g/mol. The largest absolute Gasteiger partial charge is 0.496 e. The molecule has 1 aromatic rings. The topological polar surface area (TPSA) is 47.9 Å². The minimum Gasteiger partial charge on any atom is -0.496 e. The second-order valence-electron chi connectivity index (χ2n) is 3.09. The lowest BCUT2D eigenvalue weighted by atomic mass is 10.1. The van der Waals surface area contributed by atoms with Gasteiger partial charge in [-0.05, 0) is 17.7 Å². The van der Waals surface area contributed by atoms with Gasteiger partial charge in [0.1, 0.15) is 5.75 Å². The SMILES string of the molecule is COCc1cc(Br)cc(OC)c1CN=C=O. The first-order chi connectivity index (χ1) is 7.72. The molecule has 0 aromatic heterocycles. The Bertz CT molecular complexity index is 414. The molecule has 0 saturated carbocycles. The van der Waals surface area contributed by atoms with E-state index in [9.17, 15) is 4.79 Å². The second-order valence-corrected chi connectivity index (χ2v) is 4.00. The Morgan fingerprint density at radius 1 is 1.44 bits per heavy atom. The van der Waals surface area contributed by atoms with Crippen molar-refractivity contribution < 1.29 is 14.3 Å². The van der Waals surface area contributed by atoms with Gasteiger partial charge in [0, 0.05) is 17.1 Å².